The number of ether oxygens (including phenoxy) is 1. The van der Waals surface area contributed by atoms with Crippen LogP contribution in [0, 0.1) is 17.5 Å². The van der Waals surface area contributed by atoms with Crippen molar-refractivity contribution in [3.63, 3.8) is 0 Å². The molecule has 3 rings (SSSR count). The predicted molar refractivity (Wildman–Crippen MR) is 94.8 cm³/mol. The first kappa shape index (κ1) is 20.0. The largest absolute Gasteiger partial charge is 0.478 e. The second-order valence-corrected chi connectivity index (χ2v) is 6.41. The highest BCUT2D eigenvalue weighted by Gasteiger charge is 2.30. The number of rotatable bonds is 5. The summed E-state index contributed by atoms with van der Waals surface area (Å²) < 4.78 is 84.1. The molecule has 0 heterocycles. The molecule has 0 saturated carbocycles. The lowest BCUT2D eigenvalue weighted by molar-refractivity contribution is -0.154. The summed E-state index contributed by atoms with van der Waals surface area (Å²) in [5, 5.41) is -0.730. The van der Waals surface area contributed by atoms with Crippen LogP contribution in [-0.4, -0.2) is 12.8 Å². The molecule has 28 heavy (non-hydrogen) atoms. The van der Waals surface area contributed by atoms with Gasteiger partial charge in [0.05, 0.1) is 5.39 Å². The van der Waals surface area contributed by atoms with Gasteiger partial charge in [0.1, 0.15) is 5.82 Å². The Morgan fingerprint density at radius 3 is 2.14 bits per heavy atom. The number of benzene rings is 3. The molecule has 148 valence electrons. The third kappa shape index (κ3) is 4.24. The standard InChI is InChI=1S/C21H16F6O/c1-2-3-12-4-6-13(7-5-12)14-8-15-10-17(23)20(28-11-21(25,26)27)19(24)18(15)16(22)9-14/h4-10H,2-3,11H2,1H3. The van der Waals surface area contributed by atoms with E-state index in [1.54, 1.807) is 12.1 Å². The third-order valence-corrected chi connectivity index (χ3v) is 4.24. The lowest BCUT2D eigenvalue weighted by atomic mass is 9.98. The molecule has 0 aliphatic heterocycles. The van der Waals surface area contributed by atoms with Gasteiger partial charge in [0.15, 0.2) is 24.0 Å². The lowest BCUT2D eigenvalue weighted by Crippen LogP contribution is -2.20. The van der Waals surface area contributed by atoms with Crippen molar-refractivity contribution in [2.45, 2.75) is 25.9 Å². The lowest BCUT2D eigenvalue weighted by Gasteiger charge is -2.13. The first-order valence-electron chi connectivity index (χ1n) is 8.59. The molecule has 0 atom stereocenters. The predicted octanol–water partition coefficient (Wildman–Crippen LogP) is 6.82. The monoisotopic (exact) mass is 398 g/mol. The summed E-state index contributed by atoms with van der Waals surface area (Å²) in [5.41, 5.74) is 2.16. The van der Waals surface area contributed by atoms with Crippen molar-refractivity contribution in [2.75, 3.05) is 6.61 Å². The van der Waals surface area contributed by atoms with Crippen molar-refractivity contribution in [1.82, 2.24) is 0 Å². The average molecular weight is 398 g/mol. The van der Waals surface area contributed by atoms with Crippen LogP contribution < -0.4 is 4.74 Å². The molecule has 0 aromatic heterocycles. The van der Waals surface area contributed by atoms with E-state index < -0.39 is 41.4 Å². The Balaban J connectivity index is 2.04. The molecular weight excluding hydrogens is 382 g/mol. The Labute approximate surface area is 157 Å². The van der Waals surface area contributed by atoms with Gasteiger partial charge >= 0.3 is 6.18 Å². The first-order chi connectivity index (χ1) is 13.2. The fourth-order valence-electron chi connectivity index (χ4n) is 3.00. The molecule has 0 saturated heterocycles. The highest BCUT2D eigenvalue weighted by molar-refractivity contribution is 5.89. The first-order valence-corrected chi connectivity index (χ1v) is 8.59. The van der Waals surface area contributed by atoms with Crippen molar-refractivity contribution in [3.05, 3.63) is 65.5 Å². The zero-order chi connectivity index (χ0) is 20.5. The normalized spacial score (nSPS) is 11.8. The van der Waals surface area contributed by atoms with Gasteiger partial charge in [-0.25, -0.2) is 13.2 Å². The molecule has 0 aliphatic rings. The molecule has 0 bridgehead atoms. The number of halogens is 6. The molecule has 3 aromatic rings. The summed E-state index contributed by atoms with van der Waals surface area (Å²) in [5.74, 6) is -5.09. The fourth-order valence-corrected chi connectivity index (χ4v) is 3.00. The molecule has 3 aromatic carbocycles. The van der Waals surface area contributed by atoms with Gasteiger partial charge in [0.2, 0.25) is 0 Å². The van der Waals surface area contributed by atoms with Crippen LogP contribution in [0.3, 0.4) is 0 Å². The summed E-state index contributed by atoms with van der Waals surface area (Å²) in [6.07, 6.45) is -2.91. The molecule has 7 heteroatoms. The number of alkyl halides is 3. The molecule has 0 amide bonds. The zero-order valence-corrected chi connectivity index (χ0v) is 14.8. The maximum atomic E-state index is 14.5. The Hall–Kier alpha value is -2.70. The van der Waals surface area contributed by atoms with Crippen LogP contribution in [0.2, 0.25) is 0 Å². The van der Waals surface area contributed by atoms with Crippen LogP contribution in [0.1, 0.15) is 18.9 Å². The molecule has 0 aliphatic carbocycles. The van der Waals surface area contributed by atoms with Crippen LogP contribution >= 0.6 is 0 Å². The maximum absolute atomic E-state index is 14.5. The van der Waals surface area contributed by atoms with Crippen molar-refractivity contribution >= 4 is 10.8 Å². The molecular formula is C21H16F6O. The molecule has 0 radical (unpaired) electrons. The number of hydrogen-bond donors (Lipinski definition) is 0. The topological polar surface area (TPSA) is 9.23 Å². The van der Waals surface area contributed by atoms with Gasteiger partial charge in [0, 0.05) is 0 Å². The van der Waals surface area contributed by atoms with Crippen LogP contribution in [0.25, 0.3) is 21.9 Å². The van der Waals surface area contributed by atoms with E-state index >= 15 is 0 Å². The Bertz CT molecular complexity index is 993. The SMILES string of the molecule is CCCc1ccc(-c2cc(F)c3c(F)c(OCC(F)(F)F)c(F)cc3c2)cc1. The van der Waals surface area contributed by atoms with E-state index in [4.69, 9.17) is 0 Å². The Morgan fingerprint density at radius 2 is 1.54 bits per heavy atom. The van der Waals surface area contributed by atoms with Gasteiger partial charge < -0.3 is 4.74 Å². The molecule has 0 fully saturated rings. The van der Waals surface area contributed by atoms with Gasteiger partial charge in [-0.15, -0.1) is 0 Å². The summed E-state index contributed by atoms with van der Waals surface area (Å²) >= 11 is 0. The van der Waals surface area contributed by atoms with Crippen LogP contribution in [0.5, 0.6) is 5.75 Å². The van der Waals surface area contributed by atoms with E-state index in [1.807, 2.05) is 19.1 Å². The van der Waals surface area contributed by atoms with E-state index in [1.165, 1.54) is 6.07 Å². The fraction of sp³-hybridized carbons (Fsp3) is 0.238. The maximum Gasteiger partial charge on any atom is 0.422 e. The summed E-state index contributed by atoms with van der Waals surface area (Å²) in [6.45, 7) is 0.165. The summed E-state index contributed by atoms with van der Waals surface area (Å²) in [4.78, 5) is 0. The minimum atomic E-state index is -4.78. The van der Waals surface area contributed by atoms with Crippen molar-refractivity contribution in [1.29, 1.82) is 0 Å². The van der Waals surface area contributed by atoms with Crippen LogP contribution in [-0.2, 0) is 6.42 Å². The van der Waals surface area contributed by atoms with E-state index in [-0.39, 0.29) is 5.39 Å². The van der Waals surface area contributed by atoms with Crippen molar-refractivity contribution in [2.24, 2.45) is 0 Å². The quantitative estimate of drug-likeness (QED) is 0.429. The summed E-state index contributed by atoms with van der Waals surface area (Å²) in [7, 11) is 0. The second-order valence-electron chi connectivity index (χ2n) is 6.41. The molecule has 0 N–H and O–H groups in total. The summed E-state index contributed by atoms with van der Waals surface area (Å²) in [6, 6.07) is 10.5. The minimum Gasteiger partial charge on any atom is -0.478 e. The van der Waals surface area contributed by atoms with Gasteiger partial charge in [-0.05, 0) is 46.7 Å². The molecule has 0 unspecified atom stereocenters. The number of fused-ring (bicyclic) bond motifs is 1. The van der Waals surface area contributed by atoms with Crippen molar-refractivity contribution < 1.29 is 31.1 Å². The third-order valence-electron chi connectivity index (χ3n) is 4.24. The molecule has 1 nitrogen and oxygen atoms in total. The molecule has 0 spiro atoms. The van der Waals surface area contributed by atoms with Crippen LogP contribution in [0.4, 0.5) is 26.3 Å². The minimum absolute atomic E-state index is 0.109. The van der Waals surface area contributed by atoms with Gasteiger partial charge in [-0.2, -0.15) is 13.2 Å². The highest BCUT2D eigenvalue weighted by Crippen LogP contribution is 2.35. The van der Waals surface area contributed by atoms with E-state index in [0.29, 0.717) is 11.1 Å². The van der Waals surface area contributed by atoms with Crippen molar-refractivity contribution in [3.8, 4) is 16.9 Å². The van der Waals surface area contributed by atoms with Gasteiger partial charge in [0.25, 0.3) is 0 Å². The van der Waals surface area contributed by atoms with Crippen LogP contribution in [0.15, 0.2) is 42.5 Å². The highest BCUT2D eigenvalue weighted by atomic mass is 19.4. The van der Waals surface area contributed by atoms with E-state index in [9.17, 15) is 26.3 Å². The van der Waals surface area contributed by atoms with E-state index in [2.05, 4.69) is 4.74 Å². The number of aryl methyl sites for hydroxylation is 1. The van der Waals surface area contributed by atoms with Gasteiger partial charge in [-0.3, -0.25) is 0 Å². The zero-order valence-electron chi connectivity index (χ0n) is 14.8. The smallest absolute Gasteiger partial charge is 0.422 e. The Kier molecular flexibility index (Phi) is 5.54. The van der Waals surface area contributed by atoms with Gasteiger partial charge in [-0.1, -0.05) is 37.6 Å². The Morgan fingerprint density at radius 1 is 0.857 bits per heavy atom. The second kappa shape index (κ2) is 7.73. The average Bonchev–Trinajstić information content (AvgIpc) is 2.60. The number of hydrogen-bond acceptors (Lipinski definition) is 1. The van der Waals surface area contributed by atoms with E-state index in [0.717, 1.165) is 30.5 Å².